The Hall–Kier alpha value is -1.42. The molecule has 0 N–H and O–H groups in total. The maximum absolute atomic E-state index is 12.6. The molecule has 0 amide bonds. The van der Waals surface area contributed by atoms with Crippen LogP contribution in [0.3, 0.4) is 0 Å². The molecule has 6 nitrogen and oxygen atoms in total. The van der Waals surface area contributed by atoms with E-state index in [1.165, 1.54) is 24.4 Å². The fourth-order valence-corrected chi connectivity index (χ4v) is 4.45. The molecule has 0 bridgehead atoms. The summed E-state index contributed by atoms with van der Waals surface area (Å²) < 4.78 is 51.0. The van der Waals surface area contributed by atoms with Crippen molar-refractivity contribution in [1.29, 1.82) is 0 Å². The standard InChI is InChI=1S/C9H12BrFN2.C8H15BO2.C7H5BrFN.C5H2Br2FN/c1-13(2)4-3-9-8(10)5-7(11)6-12-9;1-6-9-10-7(2,3)8(4,5)11-9;1-2-7-6(8)3-5(9)4-10-7;6-4-1-3(8)2-9-5(4)7/h5-6H,3-4H2,1-2H3;6H,1H2,2-5H3;2-4H,1H2;1-2H. The summed E-state index contributed by atoms with van der Waals surface area (Å²) in [6, 6.07) is 4.14. The quantitative estimate of drug-likeness (QED) is 0.189. The van der Waals surface area contributed by atoms with Crippen molar-refractivity contribution >= 4 is 76.9 Å². The van der Waals surface area contributed by atoms with Crippen LogP contribution in [0.5, 0.6) is 0 Å². The number of nitrogens with zero attached hydrogens (tertiary/aromatic N) is 4. The van der Waals surface area contributed by atoms with Gasteiger partial charge in [-0.2, -0.15) is 0 Å². The van der Waals surface area contributed by atoms with Crippen molar-refractivity contribution < 1.29 is 22.5 Å². The van der Waals surface area contributed by atoms with E-state index in [1.807, 2.05) is 41.8 Å². The Morgan fingerprint density at radius 3 is 1.63 bits per heavy atom. The molecule has 234 valence electrons. The first-order chi connectivity index (χ1) is 19.9. The lowest BCUT2D eigenvalue weighted by atomic mass is 9.90. The molecule has 0 spiro atoms. The second-order valence-electron chi connectivity index (χ2n) is 10.1. The molecule has 14 heteroatoms. The first-order valence-electron chi connectivity index (χ1n) is 12.7. The van der Waals surface area contributed by atoms with Crippen molar-refractivity contribution in [2.75, 3.05) is 20.6 Å². The molecule has 1 saturated heterocycles. The Labute approximate surface area is 286 Å². The van der Waals surface area contributed by atoms with Gasteiger partial charge in [-0.25, -0.2) is 18.2 Å². The maximum atomic E-state index is 12.6. The van der Waals surface area contributed by atoms with Crippen LogP contribution in [0.15, 0.2) is 73.9 Å². The second-order valence-corrected chi connectivity index (χ2v) is 13.5. The Morgan fingerprint density at radius 2 is 1.26 bits per heavy atom. The van der Waals surface area contributed by atoms with Gasteiger partial charge in [-0.15, -0.1) is 6.58 Å². The third kappa shape index (κ3) is 14.0. The van der Waals surface area contributed by atoms with Gasteiger partial charge in [0.05, 0.1) is 45.7 Å². The summed E-state index contributed by atoms with van der Waals surface area (Å²) in [5, 5.41) is 0. The molecule has 0 aromatic carbocycles. The van der Waals surface area contributed by atoms with E-state index in [1.54, 1.807) is 12.1 Å². The lowest BCUT2D eigenvalue weighted by Crippen LogP contribution is -2.41. The van der Waals surface area contributed by atoms with Crippen molar-refractivity contribution in [3.63, 3.8) is 0 Å². The largest absolute Gasteiger partial charge is 0.486 e. The minimum atomic E-state index is -0.350. The zero-order valence-electron chi connectivity index (χ0n) is 24.8. The summed E-state index contributed by atoms with van der Waals surface area (Å²) in [6.07, 6.45) is 5.93. The summed E-state index contributed by atoms with van der Waals surface area (Å²) in [7, 11) is 3.74. The Kier molecular flexibility index (Phi) is 17.1. The van der Waals surface area contributed by atoms with Crippen LogP contribution in [0.1, 0.15) is 39.1 Å². The molecule has 1 aliphatic rings. The molecule has 0 radical (unpaired) electrons. The minimum absolute atomic E-state index is 0.230. The van der Waals surface area contributed by atoms with Crippen LogP contribution in [0.25, 0.3) is 6.08 Å². The highest BCUT2D eigenvalue weighted by Crippen LogP contribution is 2.36. The van der Waals surface area contributed by atoms with Crippen molar-refractivity contribution in [3.8, 4) is 0 Å². The van der Waals surface area contributed by atoms with E-state index in [4.69, 9.17) is 9.31 Å². The molecular formula is C29H34BBr4F3N4O2. The Bertz CT molecular complexity index is 1350. The molecular weight excluding hydrogens is 824 g/mol. The fraction of sp³-hybridized carbons (Fsp3) is 0.345. The van der Waals surface area contributed by atoms with Crippen molar-refractivity contribution in [1.82, 2.24) is 19.9 Å². The van der Waals surface area contributed by atoms with Crippen LogP contribution in [-0.2, 0) is 15.7 Å². The highest BCUT2D eigenvalue weighted by Gasteiger charge is 2.49. The van der Waals surface area contributed by atoms with Gasteiger partial charge in [-0.3, -0.25) is 9.97 Å². The van der Waals surface area contributed by atoms with Gasteiger partial charge in [-0.1, -0.05) is 12.6 Å². The van der Waals surface area contributed by atoms with Gasteiger partial charge in [0.15, 0.2) is 0 Å². The molecule has 0 unspecified atom stereocenters. The Balaban J connectivity index is 0.000000289. The maximum Gasteiger partial charge on any atom is 0.486 e. The van der Waals surface area contributed by atoms with Crippen LogP contribution < -0.4 is 0 Å². The van der Waals surface area contributed by atoms with E-state index in [0.717, 1.165) is 35.5 Å². The average Bonchev–Trinajstić information content (AvgIpc) is 3.13. The molecule has 4 rings (SSSR count). The highest BCUT2D eigenvalue weighted by molar-refractivity contribution is 9.13. The summed E-state index contributed by atoms with van der Waals surface area (Å²) in [5.74, 6) is 0.680. The van der Waals surface area contributed by atoms with E-state index >= 15 is 0 Å². The monoisotopic (exact) mass is 854 g/mol. The van der Waals surface area contributed by atoms with Gasteiger partial charge in [-0.05, 0) is 130 Å². The lowest BCUT2D eigenvalue weighted by Gasteiger charge is -2.32. The van der Waals surface area contributed by atoms with Crippen molar-refractivity contribution in [2.45, 2.75) is 45.3 Å². The topological polar surface area (TPSA) is 60.4 Å². The first-order valence-corrected chi connectivity index (χ1v) is 15.9. The predicted octanol–water partition coefficient (Wildman–Crippen LogP) is 9.26. The summed E-state index contributed by atoms with van der Waals surface area (Å²) >= 11 is 12.6. The van der Waals surface area contributed by atoms with Gasteiger partial charge < -0.3 is 14.2 Å². The molecule has 3 aromatic heterocycles. The minimum Gasteiger partial charge on any atom is -0.400 e. The number of halogens is 7. The van der Waals surface area contributed by atoms with Crippen molar-refractivity contribution in [2.24, 2.45) is 0 Å². The molecule has 0 aliphatic carbocycles. The highest BCUT2D eigenvalue weighted by atomic mass is 79.9. The summed E-state index contributed by atoms with van der Waals surface area (Å²) in [6.45, 7) is 16.1. The molecule has 0 saturated carbocycles. The van der Waals surface area contributed by atoms with Gasteiger partial charge in [0, 0.05) is 21.9 Å². The van der Waals surface area contributed by atoms with Crippen LogP contribution in [0.4, 0.5) is 13.2 Å². The van der Waals surface area contributed by atoms with E-state index in [-0.39, 0.29) is 35.8 Å². The van der Waals surface area contributed by atoms with E-state index in [2.05, 4.69) is 96.7 Å². The van der Waals surface area contributed by atoms with E-state index < -0.39 is 0 Å². The Morgan fingerprint density at radius 1 is 0.791 bits per heavy atom. The van der Waals surface area contributed by atoms with Crippen LogP contribution in [-0.4, -0.2) is 58.8 Å². The molecule has 43 heavy (non-hydrogen) atoms. The van der Waals surface area contributed by atoms with Gasteiger partial charge >= 0.3 is 7.12 Å². The molecule has 1 fully saturated rings. The number of hydrogen-bond acceptors (Lipinski definition) is 6. The first kappa shape index (κ1) is 39.6. The van der Waals surface area contributed by atoms with E-state index in [0.29, 0.717) is 19.2 Å². The predicted molar refractivity (Wildman–Crippen MR) is 182 cm³/mol. The van der Waals surface area contributed by atoms with Crippen LogP contribution in [0.2, 0.25) is 0 Å². The lowest BCUT2D eigenvalue weighted by molar-refractivity contribution is 0.00578. The van der Waals surface area contributed by atoms with Gasteiger partial charge in [0.1, 0.15) is 22.1 Å². The molecule has 4 heterocycles. The molecule has 1 aliphatic heterocycles. The van der Waals surface area contributed by atoms with E-state index in [9.17, 15) is 13.2 Å². The third-order valence-corrected chi connectivity index (χ3v) is 9.03. The van der Waals surface area contributed by atoms with Gasteiger partial charge in [0.2, 0.25) is 0 Å². The second kappa shape index (κ2) is 18.5. The van der Waals surface area contributed by atoms with Crippen LogP contribution in [0, 0.1) is 17.5 Å². The smallest absolute Gasteiger partial charge is 0.400 e. The molecule has 0 atom stereocenters. The number of aromatic nitrogens is 3. The van der Waals surface area contributed by atoms with Crippen LogP contribution >= 0.6 is 63.7 Å². The SMILES string of the molecule is C=CB1OC(C)(C)C(C)(C)O1.C=Cc1ncc(F)cc1Br.CN(C)CCc1ncc(F)cc1Br.Fc1cnc(Br)c(Br)c1. The zero-order valence-corrected chi connectivity index (χ0v) is 31.1. The molecule has 3 aromatic rings. The summed E-state index contributed by atoms with van der Waals surface area (Å²) in [4.78, 5) is 13.5. The van der Waals surface area contributed by atoms with Crippen molar-refractivity contribution in [3.05, 3.63) is 103 Å². The zero-order chi connectivity index (χ0) is 33.0. The fourth-order valence-electron chi connectivity index (χ4n) is 2.91. The number of pyridine rings is 3. The normalized spacial score (nSPS) is 14.4. The number of likely N-dealkylation sites (N-methyl/N-ethyl adjacent to an activating group) is 1. The average molecular weight is 858 g/mol. The number of rotatable bonds is 5. The number of hydrogen-bond donors (Lipinski definition) is 0. The van der Waals surface area contributed by atoms with Gasteiger partial charge in [0.25, 0.3) is 0 Å². The third-order valence-electron chi connectivity index (χ3n) is 5.94. The summed E-state index contributed by atoms with van der Waals surface area (Å²) in [5.41, 5.74) is 1.09.